The first-order valence-electron chi connectivity index (χ1n) is 8.36. The number of H-pyrrole nitrogens is 1. The lowest BCUT2D eigenvalue weighted by Crippen LogP contribution is -2.43. The lowest BCUT2D eigenvalue weighted by molar-refractivity contribution is 0.0718. The molecule has 1 aromatic carbocycles. The first-order valence-corrected chi connectivity index (χ1v) is 9.61. The Morgan fingerprint density at radius 3 is 2.75 bits per heavy atom. The second-order valence-electron chi connectivity index (χ2n) is 7.04. The van der Waals surface area contributed by atoms with Gasteiger partial charge < -0.3 is 20.3 Å². The van der Waals surface area contributed by atoms with Gasteiger partial charge in [-0.15, -0.1) is 0 Å². The smallest absolute Gasteiger partial charge is 0.166 e. The molecule has 0 spiro atoms. The van der Waals surface area contributed by atoms with Gasteiger partial charge in [0.25, 0.3) is 0 Å². The van der Waals surface area contributed by atoms with E-state index in [1.165, 1.54) is 0 Å². The molecule has 0 radical (unpaired) electrons. The SMILES string of the molecule is CC(CC(C)(C)O)Sc1nc2cc(N3CCNCC3)c(Cl)cc2[nH]1. The molecule has 1 aliphatic heterocycles. The number of piperazine rings is 1. The summed E-state index contributed by atoms with van der Waals surface area (Å²) >= 11 is 8.14. The number of hydrogen-bond donors (Lipinski definition) is 3. The van der Waals surface area contributed by atoms with Crippen LogP contribution in [-0.2, 0) is 0 Å². The van der Waals surface area contributed by atoms with Crippen molar-refractivity contribution in [3.05, 3.63) is 17.2 Å². The quantitative estimate of drug-likeness (QED) is 0.707. The van der Waals surface area contributed by atoms with Crippen molar-refractivity contribution < 1.29 is 5.11 Å². The van der Waals surface area contributed by atoms with Crippen LogP contribution in [0.3, 0.4) is 0 Å². The molecule has 0 bridgehead atoms. The molecule has 1 unspecified atom stereocenters. The predicted molar refractivity (Wildman–Crippen MR) is 102 cm³/mol. The zero-order valence-electron chi connectivity index (χ0n) is 14.4. The Bertz CT molecular complexity index is 706. The van der Waals surface area contributed by atoms with Crippen molar-refractivity contribution in [3.63, 3.8) is 0 Å². The molecule has 2 heterocycles. The molecule has 0 amide bonds. The molecule has 1 saturated heterocycles. The maximum atomic E-state index is 9.95. The van der Waals surface area contributed by atoms with Gasteiger partial charge in [-0.3, -0.25) is 0 Å². The summed E-state index contributed by atoms with van der Waals surface area (Å²) in [6.45, 7) is 9.65. The fourth-order valence-electron chi connectivity index (χ4n) is 3.14. The summed E-state index contributed by atoms with van der Waals surface area (Å²) < 4.78 is 0. The number of aromatic nitrogens is 2. The van der Waals surface area contributed by atoms with Crippen LogP contribution >= 0.6 is 23.4 Å². The van der Waals surface area contributed by atoms with Crippen molar-refractivity contribution in [1.29, 1.82) is 0 Å². The highest BCUT2D eigenvalue weighted by Crippen LogP contribution is 2.33. The van der Waals surface area contributed by atoms with Crippen molar-refractivity contribution in [3.8, 4) is 0 Å². The third kappa shape index (κ3) is 4.36. The zero-order chi connectivity index (χ0) is 17.3. The number of thioether (sulfide) groups is 1. The van der Waals surface area contributed by atoms with Crippen LogP contribution in [0, 0.1) is 0 Å². The van der Waals surface area contributed by atoms with Crippen LogP contribution in [-0.4, -0.2) is 52.1 Å². The molecule has 5 nitrogen and oxygen atoms in total. The van der Waals surface area contributed by atoms with Crippen LogP contribution in [0.2, 0.25) is 5.02 Å². The number of benzene rings is 1. The minimum Gasteiger partial charge on any atom is -0.390 e. The maximum Gasteiger partial charge on any atom is 0.166 e. The van der Waals surface area contributed by atoms with E-state index in [2.05, 4.69) is 28.2 Å². The topological polar surface area (TPSA) is 64.2 Å². The lowest BCUT2D eigenvalue weighted by atomic mass is 10.0. The molecule has 0 aliphatic carbocycles. The Balaban J connectivity index is 1.80. The van der Waals surface area contributed by atoms with E-state index in [0.717, 1.165) is 53.1 Å². The zero-order valence-corrected chi connectivity index (χ0v) is 16.0. The van der Waals surface area contributed by atoms with Crippen molar-refractivity contribution in [2.24, 2.45) is 0 Å². The fourth-order valence-corrected chi connectivity index (χ4v) is 4.61. The van der Waals surface area contributed by atoms with Gasteiger partial charge in [-0.2, -0.15) is 0 Å². The van der Waals surface area contributed by atoms with Gasteiger partial charge in [0.15, 0.2) is 5.16 Å². The molecule has 24 heavy (non-hydrogen) atoms. The second kappa shape index (κ2) is 7.12. The first kappa shape index (κ1) is 17.9. The number of halogens is 1. The molecule has 1 aliphatic rings. The van der Waals surface area contributed by atoms with Gasteiger partial charge in [0.2, 0.25) is 0 Å². The van der Waals surface area contributed by atoms with Crippen LogP contribution in [0.5, 0.6) is 0 Å². The summed E-state index contributed by atoms with van der Waals surface area (Å²) in [6, 6.07) is 4.04. The molecule has 7 heteroatoms. The predicted octanol–water partition coefficient (Wildman–Crippen LogP) is 3.27. The Morgan fingerprint density at radius 1 is 1.38 bits per heavy atom. The minimum atomic E-state index is -0.669. The number of anilines is 1. The van der Waals surface area contributed by atoms with E-state index in [1.807, 2.05) is 19.9 Å². The van der Waals surface area contributed by atoms with E-state index in [9.17, 15) is 5.11 Å². The summed E-state index contributed by atoms with van der Waals surface area (Å²) in [7, 11) is 0. The molecule has 0 saturated carbocycles. The van der Waals surface area contributed by atoms with E-state index in [4.69, 9.17) is 16.6 Å². The van der Waals surface area contributed by atoms with Crippen molar-refractivity contribution in [2.75, 3.05) is 31.1 Å². The molecular formula is C17H25ClN4OS. The van der Waals surface area contributed by atoms with Gasteiger partial charge in [0.05, 0.1) is 27.3 Å². The normalized spacial score (nSPS) is 17.5. The Kier molecular flexibility index (Phi) is 5.30. The molecule has 3 rings (SSSR count). The Hall–Kier alpha value is -0.950. The van der Waals surface area contributed by atoms with E-state index < -0.39 is 5.60 Å². The first-order chi connectivity index (χ1) is 11.3. The molecule has 3 N–H and O–H groups in total. The number of nitrogens with zero attached hydrogens (tertiary/aromatic N) is 2. The average molecular weight is 369 g/mol. The van der Waals surface area contributed by atoms with Crippen LogP contribution in [0.25, 0.3) is 11.0 Å². The number of imidazole rings is 1. The number of hydrogen-bond acceptors (Lipinski definition) is 5. The summed E-state index contributed by atoms with van der Waals surface area (Å²) in [5.41, 5.74) is 2.28. The van der Waals surface area contributed by atoms with Gasteiger partial charge in [-0.1, -0.05) is 30.3 Å². The molecule has 1 atom stereocenters. The molecule has 1 aromatic heterocycles. The van der Waals surface area contributed by atoms with Crippen molar-refractivity contribution in [1.82, 2.24) is 15.3 Å². The summed E-state index contributed by atoms with van der Waals surface area (Å²) in [4.78, 5) is 10.3. The van der Waals surface area contributed by atoms with Crippen molar-refractivity contribution >= 4 is 40.1 Å². The van der Waals surface area contributed by atoms with E-state index in [1.54, 1.807) is 11.8 Å². The number of aromatic amines is 1. The molecule has 132 valence electrons. The number of fused-ring (bicyclic) bond motifs is 1. The van der Waals surface area contributed by atoms with Crippen LogP contribution in [0.15, 0.2) is 17.3 Å². The summed E-state index contributed by atoms with van der Waals surface area (Å²) in [5.74, 6) is 0. The number of aliphatic hydroxyl groups is 1. The molecular weight excluding hydrogens is 344 g/mol. The average Bonchev–Trinajstić information content (AvgIpc) is 2.86. The number of nitrogens with one attached hydrogen (secondary N) is 2. The van der Waals surface area contributed by atoms with Gasteiger partial charge >= 0.3 is 0 Å². The lowest BCUT2D eigenvalue weighted by Gasteiger charge is -2.30. The highest BCUT2D eigenvalue weighted by molar-refractivity contribution is 7.99. The minimum absolute atomic E-state index is 0.272. The van der Waals surface area contributed by atoms with Crippen molar-refractivity contribution in [2.45, 2.75) is 43.2 Å². The van der Waals surface area contributed by atoms with E-state index in [0.29, 0.717) is 6.42 Å². The monoisotopic (exact) mass is 368 g/mol. The largest absolute Gasteiger partial charge is 0.390 e. The summed E-state index contributed by atoms with van der Waals surface area (Å²) in [6.07, 6.45) is 0.710. The molecule has 2 aromatic rings. The fraction of sp³-hybridized carbons (Fsp3) is 0.588. The molecule has 1 fully saturated rings. The van der Waals surface area contributed by atoms with Crippen LogP contribution in [0.4, 0.5) is 5.69 Å². The standard InChI is InChI=1S/C17H25ClN4OS/c1-11(10-17(2,3)23)24-16-20-13-8-12(18)15(9-14(13)21-16)22-6-4-19-5-7-22/h8-9,11,19,23H,4-7,10H2,1-3H3,(H,20,21). The third-order valence-electron chi connectivity index (χ3n) is 4.09. The van der Waals surface area contributed by atoms with Gasteiger partial charge in [0.1, 0.15) is 0 Å². The van der Waals surface area contributed by atoms with Gasteiger partial charge in [-0.25, -0.2) is 4.98 Å². The highest BCUT2D eigenvalue weighted by atomic mass is 35.5. The van der Waals surface area contributed by atoms with Crippen LogP contribution < -0.4 is 10.2 Å². The third-order valence-corrected chi connectivity index (χ3v) is 5.37. The van der Waals surface area contributed by atoms with Crippen LogP contribution in [0.1, 0.15) is 27.2 Å². The number of rotatable bonds is 5. The Morgan fingerprint density at radius 2 is 2.08 bits per heavy atom. The van der Waals surface area contributed by atoms with E-state index >= 15 is 0 Å². The second-order valence-corrected chi connectivity index (χ2v) is 8.88. The van der Waals surface area contributed by atoms with E-state index in [-0.39, 0.29) is 5.25 Å². The van der Waals surface area contributed by atoms with Gasteiger partial charge in [0, 0.05) is 31.4 Å². The maximum absolute atomic E-state index is 9.95. The van der Waals surface area contributed by atoms with Gasteiger partial charge in [-0.05, 0) is 32.4 Å². The Labute approximate surface area is 152 Å². The summed E-state index contributed by atoms with van der Waals surface area (Å²) in [5, 5.41) is 15.2. The highest BCUT2D eigenvalue weighted by Gasteiger charge is 2.20.